The summed E-state index contributed by atoms with van der Waals surface area (Å²) < 4.78 is 0. The van der Waals surface area contributed by atoms with Gasteiger partial charge in [0.25, 0.3) is 0 Å². The molecule has 1 aliphatic rings. The Hall–Kier alpha value is -0.240. The van der Waals surface area contributed by atoms with Gasteiger partial charge in [0.2, 0.25) is 0 Å². The topological polar surface area (TPSA) is 12.0 Å². The maximum Gasteiger partial charge on any atom is 0.0642 e. The first-order valence-electron chi connectivity index (χ1n) is 6.89. The number of nitrogens with one attached hydrogen (secondary N) is 1. The van der Waals surface area contributed by atoms with E-state index in [4.69, 9.17) is 23.2 Å². The molecule has 1 aromatic carbocycles. The van der Waals surface area contributed by atoms with Crippen LogP contribution in [0.15, 0.2) is 18.2 Å². The van der Waals surface area contributed by atoms with Crippen molar-refractivity contribution in [3.8, 4) is 0 Å². The molecule has 1 N–H and O–H groups in total. The number of benzene rings is 1. The zero-order valence-corrected chi connectivity index (χ0v) is 12.4. The van der Waals surface area contributed by atoms with E-state index in [2.05, 4.69) is 18.3 Å². The highest BCUT2D eigenvalue weighted by atomic mass is 35.5. The molecular formula is C15H21Cl2N. The van der Waals surface area contributed by atoms with Crippen molar-refractivity contribution in [2.45, 2.75) is 51.0 Å². The maximum absolute atomic E-state index is 6.43. The Labute approximate surface area is 120 Å². The van der Waals surface area contributed by atoms with Crippen LogP contribution in [-0.2, 0) is 5.54 Å². The summed E-state index contributed by atoms with van der Waals surface area (Å²) in [6.45, 7) is 3.30. The van der Waals surface area contributed by atoms with Crippen LogP contribution in [0.2, 0.25) is 10.0 Å². The Morgan fingerprint density at radius 1 is 1.22 bits per heavy atom. The fourth-order valence-corrected chi connectivity index (χ4v) is 3.50. The molecule has 1 atom stereocenters. The molecular weight excluding hydrogens is 265 g/mol. The second-order valence-electron chi connectivity index (χ2n) is 5.17. The van der Waals surface area contributed by atoms with E-state index in [1.54, 1.807) is 0 Å². The van der Waals surface area contributed by atoms with Gasteiger partial charge in [-0.05, 0) is 37.4 Å². The number of rotatable bonds is 3. The van der Waals surface area contributed by atoms with Crippen molar-refractivity contribution < 1.29 is 0 Å². The van der Waals surface area contributed by atoms with Crippen LogP contribution in [0.3, 0.4) is 0 Å². The fraction of sp³-hybridized carbons (Fsp3) is 0.600. The second kappa shape index (κ2) is 6.27. The molecule has 1 saturated heterocycles. The van der Waals surface area contributed by atoms with Crippen LogP contribution in [0.5, 0.6) is 0 Å². The van der Waals surface area contributed by atoms with Crippen molar-refractivity contribution in [3.05, 3.63) is 33.8 Å². The van der Waals surface area contributed by atoms with Gasteiger partial charge in [0.15, 0.2) is 0 Å². The molecule has 18 heavy (non-hydrogen) atoms. The molecule has 0 radical (unpaired) electrons. The molecule has 1 aliphatic heterocycles. The van der Waals surface area contributed by atoms with Gasteiger partial charge in [-0.1, -0.05) is 61.5 Å². The van der Waals surface area contributed by atoms with Gasteiger partial charge in [-0.2, -0.15) is 0 Å². The maximum atomic E-state index is 6.43. The molecule has 2 rings (SSSR count). The lowest BCUT2D eigenvalue weighted by molar-refractivity contribution is 0.297. The minimum atomic E-state index is 0.0211. The quantitative estimate of drug-likeness (QED) is 0.810. The first-order chi connectivity index (χ1) is 8.69. The van der Waals surface area contributed by atoms with Crippen LogP contribution in [-0.4, -0.2) is 6.54 Å². The molecule has 1 nitrogen and oxygen atoms in total. The second-order valence-corrected chi connectivity index (χ2v) is 5.96. The van der Waals surface area contributed by atoms with E-state index in [1.165, 1.54) is 24.8 Å². The van der Waals surface area contributed by atoms with Crippen molar-refractivity contribution in [2.24, 2.45) is 0 Å². The Morgan fingerprint density at radius 2 is 2.06 bits per heavy atom. The van der Waals surface area contributed by atoms with Gasteiger partial charge in [-0.3, -0.25) is 0 Å². The molecule has 0 saturated carbocycles. The SMILES string of the molecule is CCCC1(c2cccc(Cl)c2Cl)CCCCCN1. The van der Waals surface area contributed by atoms with E-state index in [0.717, 1.165) is 30.8 Å². The number of hydrogen-bond acceptors (Lipinski definition) is 1. The molecule has 1 heterocycles. The van der Waals surface area contributed by atoms with Crippen LogP contribution in [0.25, 0.3) is 0 Å². The smallest absolute Gasteiger partial charge is 0.0642 e. The minimum Gasteiger partial charge on any atom is -0.307 e. The van der Waals surface area contributed by atoms with Gasteiger partial charge in [0, 0.05) is 5.54 Å². The monoisotopic (exact) mass is 285 g/mol. The molecule has 0 aliphatic carbocycles. The van der Waals surface area contributed by atoms with E-state index in [9.17, 15) is 0 Å². The molecule has 1 fully saturated rings. The highest BCUT2D eigenvalue weighted by Crippen LogP contribution is 2.40. The molecule has 0 spiro atoms. The highest BCUT2D eigenvalue weighted by Gasteiger charge is 2.33. The predicted molar refractivity (Wildman–Crippen MR) is 79.5 cm³/mol. The minimum absolute atomic E-state index is 0.0211. The van der Waals surface area contributed by atoms with Crippen molar-refractivity contribution in [1.29, 1.82) is 0 Å². The molecule has 100 valence electrons. The lowest BCUT2D eigenvalue weighted by Crippen LogP contribution is -2.42. The van der Waals surface area contributed by atoms with Crippen molar-refractivity contribution in [3.63, 3.8) is 0 Å². The van der Waals surface area contributed by atoms with Gasteiger partial charge in [-0.15, -0.1) is 0 Å². The third kappa shape index (κ3) is 2.84. The lowest BCUT2D eigenvalue weighted by atomic mass is 9.82. The first kappa shape index (κ1) is 14.2. The van der Waals surface area contributed by atoms with E-state index in [1.807, 2.05) is 12.1 Å². The van der Waals surface area contributed by atoms with Gasteiger partial charge >= 0.3 is 0 Å². The summed E-state index contributed by atoms with van der Waals surface area (Å²) >= 11 is 12.6. The zero-order valence-electron chi connectivity index (χ0n) is 10.9. The summed E-state index contributed by atoms with van der Waals surface area (Å²) in [5, 5.41) is 5.12. The van der Waals surface area contributed by atoms with Crippen molar-refractivity contribution in [1.82, 2.24) is 5.32 Å². The van der Waals surface area contributed by atoms with E-state index < -0.39 is 0 Å². The molecule has 0 aromatic heterocycles. The lowest BCUT2D eigenvalue weighted by Gasteiger charge is -2.35. The van der Waals surface area contributed by atoms with E-state index in [-0.39, 0.29) is 5.54 Å². The third-order valence-corrected chi connectivity index (χ3v) is 4.71. The average molecular weight is 286 g/mol. The Morgan fingerprint density at radius 3 is 2.83 bits per heavy atom. The normalized spacial score (nSPS) is 24.8. The summed E-state index contributed by atoms with van der Waals surface area (Å²) in [5.41, 5.74) is 1.20. The van der Waals surface area contributed by atoms with Crippen LogP contribution < -0.4 is 5.32 Å². The van der Waals surface area contributed by atoms with E-state index in [0.29, 0.717) is 5.02 Å². The fourth-order valence-electron chi connectivity index (χ4n) is 3.02. The number of hydrogen-bond donors (Lipinski definition) is 1. The van der Waals surface area contributed by atoms with Gasteiger partial charge < -0.3 is 5.32 Å². The Bertz CT molecular complexity index is 395. The summed E-state index contributed by atoms with van der Waals surface area (Å²) in [5.74, 6) is 0. The standard InChI is InChI=1S/C15H21Cl2N/c1-2-9-15(10-4-3-5-11-18-15)12-7-6-8-13(16)14(12)17/h6-8,18H,2-5,9-11H2,1H3. The average Bonchev–Trinajstić information content (AvgIpc) is 2.59. The van der Waals surface area contributed by atoms with Gasteiger partial charge in [0.1, 0.15) is 0 Å². The predicted octanol–water partition coefficient (Wildman–Crippen LogP) is 5.15. The highest BCUT2D eigenvalue weighted by molar-refractivity contribution is 6.42. The van der Waals surface area contributed by atoms with Gasteiger partial charge in [-0.25, -0.2) is 0 Å². The van der Waals surface area contributed by atoms with Crippen molar-refractivity contribution in [2.75, 3.05) is 6.54 Å². The summed E-state index contributed by atoms with van der Waals surface area (Å²) in [6, 6.07) is 6.00. The summed E-state index contributed by atoms with van der Waals surface area (Å²) in [7, 11) is 0. The molecule has 1 unspecified atom stereocenters. The van der Waals surface area contributed by atoms with E-state index >= 15 is 0 Å². The molecule has 0 amide bonds. The van der Waals surface area contributed by atoms with Crippen LogP contribution in [0, 0.1) is 0 Å². The van der Waals surface area contributed by atoms with Gasteiger partial charge in [0.05, 0.1) is 10.0 Å². The largest absolute Gasteiger partial charge is 0.307 e. The Balaban J connectivity index is 2.41. The Kier molecular flexibility index (Phi) is 4.94. The zero-order chi connectivity index (χ0) is 13.0. The first-order valence-corrected chi connectivity index (χ1v) is 7.65. The number of halogens is 2. The molecule has 3 heteroatoms. The molecule has 0 bridgehead atoms. The summed E-state index contributed by atoms with van der Waals surface area (Å²) in [6.07, 6.45) is 7.24. The molecule has 1 aromatic rings. The van der Waals surface area contributed by atoms with Crippen LogP contribution in [0.1, 0.15) is 51.0 Å². The third-order valence-electron chi connectivity index (χ3n) is 3.89. The van der Waals surface area contributed by atoms with Crippen LogP contribution in [0.4, 0.5) is 0 Å². The summed E-state index contributed by atoms with van der Waals surface area (Å²) in [4.78, 5) is 0. The van der Waals surface area contributed by atoms with Crippen molar-refractivity contribution >= 4 is 23.2 Å². The van der Waals surface area contributed by atoms with Crippen LogP contribution >= 0.6 is 23.2 Å².